The lowest BCUT2D eigenvalue weighted by Gasteiger charge is -2.29. The molecule has 0 saturated carbocycles. The summed E-state index contributed by atoms with van der Waals surface area (Å²) in [5, 5.41) is 6.25. The van der Waals surface area contributed by atoms with E-state index in [-0.39, 0.29) is 0 Å². The quantitative estimate of drug-likeness (QED) is 0.0707. The van der Waals surface area contributed by atoms with Gasteiger partial charge in [0.05, 0.1) is 0 Å². The fourth-order valence-corrected chi connectivity index (χ4v) is 7.71. The second kappa shape index (κ2) is 24.4. The first kappa shape index (κ1) is 48.6. The van der Waals surface area contributed by atoms with E-state index in [0.29, 0.717) is 5.70 Å². The number of allylic oxidation sites excluding steroid dienone is 11. The summed E-state index contributed by atoms with van der Waals surface area (Å²) in [6, 6.07) is 60.1. The van der Waals surface area contributed by atoms with Gasteiger partial charge in [-0.1, -0.05) is 186 Å². The number of hydrogen-bond acceptors (Lipinski definition) is 4. The average Bonchev–Trinajstić information content (AvgIpc) is 3.39. The summed E-state index contributed by atoms with van der Waals surface area (Å²) in [6.45, 7) is 30.1. The van der Waals surface area contributed by atoms with Crippen LogP contribution in [0.4, 0.5) is 28.4 Å². The molecule has 0 amide bonds. The first-order valence-corrected chi connectivity index (χ1v) is 23.0. The van der Waals surface area contributed by atoms with Gasteiger partial charge in [0.25, 0.3) is 0 Å². The Hall–Kier alpha value is -9.38. The molecule has 0 bridgehead atoms. The summed E-state index contributed by atoms with van der Waals surface area (Å²) < 4.78 is 0. The highest BCUT2D eigenvalue weighted by molar-refractivity contribution is 5.89. The monoisotopic (exact) mass is 906 g/mol. The molecule has 0 atom stereocenters. The maximum Gasteiger partial charge on any atom is 0.0468 e. The van der Waals surface area contributed by atoms with E-state index in [1.165, 1.54) is 10.8 Å². The van der Waals surface area contributed by atoms with E-state index in [1.807, 2.05) is 156 Å². The van der Waals surface area contributed by atoms with Gasteiger partial charge in [0.2, 0.25) is 0 Å². The molecule has 0 unspecified atom stereocenters. The molecule has 0 aromatic heterocycles. The van der Waals surface area contributed by atoms with E-state index in [0.717, 1.165) is 66.4 Å². The number of benzene rings is 7. The second-order valence-corrected chi connectivity index (χ2v) is 16.1. The zero-order chi connectivity index (χ0) is 49.1. The Balaban J connectivity index is 1.28. The van der Waals surface area contributed by atoms with Crippen molar-refractivity contribution < 1.29 is 0 Å². The fraction of sp³-hybridized carbons (Fsp3) is 0. The lowest BCUT2D eigenvalue weighted by molar-refractivity contribution is 0.664. The van der Waals surface area contributed by atoms with E-state index < -0.39 is 0 Å². The van der Waals surface area contributed by atoms with Gasteiger partial charge in [0, 0.05) is 69.8 Å². The predicted octanol–water partition coefficient (Wildman–Crippen LogP) is 14.2. The summed E-state index contributed by atoms with van der Waals surface area (Å²) in [4.78, 5) is 8.36. The minimum absolute atomic E-state index is 0.688. The van der Waals surface area contributed by atoms with Crippen LogP contribution in [0.1, 0.15) is 0 Å². The number of rotatable bonds is 20. The fourth-order valence-electron chi connectivity index (χ4n) is 7.71. The van der Waals surface area contributed by atoms with Crippen LogP contribution in [-0.2, 0) is 0 Å². The maximum atomic E-state index is 4.64. The largest absolute Gasteiger partial charge is 0.324 e. The summed E-state index contributed by atoms with van der Waals surface area (Å²) in [5.74, 6) is 0. The van der Waals surface area contributed by atoms with Crippen LogP contribution in [0.3, 0.4) is 0 Å². The summed E-state index contributed by atoms with van der Waals surface area (Å²) >= 11 is 0. The van der Waals surface area contributed by atoms with Gasteiger partial charge in [-0.3, -0.25) is 0 Å². The number of fused-ring (bicyclic) bond motifs is 1. The number of hydrogen-bond donors (Lipinski definition) is 0. The van der Waals surface area contributed by atoms with Gasteiger partial charge in [-0.25, -0.2) is 0 Å². The maximum absolute atomic E-state index is 4.64. The molecular formula is C66H58N4. The van der Waals surface area contributed by atoms with Crippen molar-refractivity contribution in [2.24, 2.45) is 0 Å². The van der Waals surface area contributed by atoms with Crippen molar-refractivity contribution in [3.05, 3.63) is 332 Å². The van der Waals surface area contributed by atoms with Crippen molar-refractivity contribution in [3.8, 4) is 0 Å². The topological polar surface area (TPSA) is 13.0 Å². The molecule has 0 heterocycles. The zero-order valence-corrected chi connectivity index (χ0v) is 39.6. The first-order chi connectivity index (χ1) is 34.2. The van der Waals surface area contributed by atoms with Crippen LogP contribution < -0.4 is 35.6 Å². The normalized spacial score (nSPS) is 12.4. The van der Waals surface area contributed by atoms with Crippen molar-refractivity contribution in [3.63, 3.8) is 0 Å². The van der Waals surface area contributed by atoms with Crippen molar-refractivity contribution in [1.82, 2.24) is 4.90 Å². The Morgan fingerprint density at radius 3 is 1.66 bits per heavy atom. The molecule has 0 aliphatic carbocycles. The minimum Gasteiger partial charge on any atom is -0.324 e. The number of nitrogens with zero attached hydrogens (tertiary/aromatic N) is 4. The van der Waals surface area contributed by atoms with E-state index in [2.05, 4.69) is 171 Å². The van der Waals surface area contributed by atoms with Crippen LogP contribution in [0.5, 0.6) is 0 Å². The lowest BCUT2D eigenvalue weighted by atomic mass is 10.1. The molecule has 7 aromatic carbocycles. The van der Waals surface area contributed by atoms with E-state index >= 15 is 0 Å². The zero-order valence-electron chi connectivity index (χ0n) is 39.6. The van der Waals surface area contributed by atoms with E-state index in [9.17, 15) is 0 Å². The molecule has 0 aliphatic rings. The SMILES string of the molecule is C=C/C=C\C=C\N(/C=C/C=C(\C=C)N(C(=C)/C=C\C(=C)N(/C=C/C=c1/ccccc1=C)c1ccccc1)c1ccc(N(c2ccccc2)c2ccc3ccccc3c2)cc1)C(=C)/C=c1/ccccc1=C. The second-order valence-electron chi connectivity index (χ2n) is 16.1. The standard InChI is InChI=1S/C66H58N4/c1-8-10-11-24-47-67(56(7)50-59-31-21-19-28-53(59)4)48-26-38-61(9-2)69(55(6)40-39-54(5)68(62-34-14-12-15-35-62)49-25-33-57-29-20-18-27-52(57)3)64-43-45-65(46-44-64)70(63-36-16-13-17-37-63)66-42-41-58-30-22-23-32-60(58)51-66/h8-51H,1-7H2/b11-10-,40-39-,47-24+,48-26+,49-25+,57-33-,59-50-,61-38+. The molecule has 7 rings (SSSR count). The van der Waals surface area contributed by atoms with E-state index in [1.54, 1.807) is 6.08 Å². The number of anilines is 5. The van der Waals surface area contributed by atoms with Crippen molar-refractivity contribution in [2.45, 2.75) is 0 Å². The minimum atomic E-state index is 0.688. The van der Waals surface area contributed by atoms with Gasteiger partial charge >= 0.3 is 0 Å². The Kier molecular flexibility index (Phi) is 16.9. The highest BCUT2D eigenvalue weighted by atomic mass is 15.2. The molecule has 0 saturated heterocycles. The molecule has 7 aromatic rings. The third-order valence-electron chi connectivity index (χ3n) is 11.3. The number of para-hydroxylation sites is 2. The van der Waals surface area contributed by atoms with Crippen LogP contribution in [0.25, 0.3) is 36.1 Å². The highest BCUT2D eigenvalue weighted by Crippen LogP contribution is 2.38. The van der Waals surface area contributed by atoms with Crippen LogP contribution in [0, 0.1) is 0 Å². The Morgan fingerprint density at radius 1 is 0.429 bits per heavy atom. The van der Waals surface area contributed by atoms with Gasteiger partial charge in [-0.2, -0.15) is 0 Å². The summed E-state index contributed by atoms with van der Waals surface area (Å²) in [6.07, 6.45) is 29.3. The Labute approximate surface area is 414 Å². The molecule has 0 spiro atoms. The lowest BCUT2D eigenvalue weighted by Crippen LogP contribution is -2.23. The molecule has 0 fully saturated rings. The van der Waals surface area contributed by atoms with Crippen LogP contribution >= 0.6 is 0 Å². The third kappa shape index (κ3) is 12.7. The molecule has 4 nitrogen and oxygen atoms in total. The summed E-state index contributed by atoms with van der Waals surface area (Å²) in [7, 11) is 0. The molecule has 0 radical (unpaired) electrons. The van der Waals surface area contributed by atoms with E-state index in [4.69, 9.17) is 0 Å². The van der Waals surface area contributed by atoms with Gasteiger partial charge in [-0.15, -0.1) is 0 Å². The van der Waals surface area contributed by atoms with Gasteiger partial charge < -0.3 is 19.6 Å². The molecule has 4 heteroatoms. The van der Waals surface area contributed by atoms with Crippen molar-refractivity contribution in [1.29, 1.82) is 0 Å². The van der Waals surface area contributed by atoms with Crippen LogP contribution in [0.2, 0.25) is 0 Å². The molecule has 0 aliphatic heterocycles. The van der Waals surface area contributed by atoms with Crippen LogP contribution in [0.15, 0.2) is 311 Å². The van der Waals surface area contributed by atoms with Gasteiger partial charge in [-0.05, 0) is 141 Å². The third-order valence-corrected chi connectivity index (χ3v) is 11.3. The molecular weight excluding hydrogens is 849 g/mol. The Bertz CT molecular complexity index is 3410. The summed E-state index contributed by atoms with van der Waals surface area (Å²) in [5.41, 5.74) is 7.91. The smallest absolute Gasteiger partial charge is 0.0468 e. The average molecular weight is 907 g/mol. The molecule has 70 heavy (non-hydrogen) atoms. The highest BCUT2D eigenvalue weighted by Gasteiger charge is 2.17. The van der Waals surface area contributed by atoms with Gasteiger partial charge in [0.1, 0.15) is 0 Å². The first-order valence-electron chi connectivity index (χ1n) is 23.0. The van der Waals surface area contributed by atoms with Crippen molar-refractivity contribution >= 4 is 64.5 Å². The molecule has 0 N–H and O–H groups in total. The van der Waals surface area contributed by atoms with Crippen LogP contribution in [-0.4, -0.2) is 4.90 Å². The molecule has 342 valence electrons. The predicted molar refractivity (Wildman–Crippen MR) is 305 cm³/mol. The Morgan fingerprint density at radius 2 is 0.986 bits per heavy atom. The van der Waals surface area contributed by atoms with Crippen molar-refractivity contribution in [2.75, 3.05) is 14.7 Å². The van der Waals surface area contributed by atoms with Gasteiger partial charge in [0.15, 0.2) is 0 Å².